The van der Waals surface area contributed by atoms with Gasteiger partial charge in [-0.2, -0.15) is 0 Å². The number of hydrogen-bond donors (Lipinski definition) is 0. The molecule has 50 heavy (non-hydrogen) atoms. The Morgan fingerprint density at radius 1 is 0.700 bits per heavy atom. The van der Waals surface area contributed by atoms with Crippen LogP contribution in [0.25, 0.3) is 61.4 Å². The molecule has 4 aromatic carbocycles. The second kappa shape index (κ2) is 14.5. The molecule has 6 heteroatoms. The van der Waals surface area contributed by atoms with Gasteiger partial charge in [-0.05, 0) is 66.3 Å². The largest absolute Gasteiger partial charge is 0.501 e. The third kappa shape index (κ3) is 6.66. The quantitative estimate of drug-likeness (QED) is 0.162. The Balaban J connectivity index is 0.000000242. The molecule has 0 N–H and O–H groups in total. The van der Waals surface area contributed by atoms with Crippen molar-refractivity contribution in [1.82, 2.24) is 19.5 Å². The molecule has 0 aliphatic carbocycles. The Hall–Kier alpha value is -4.90. The molecule has 5 nitrogen and oxygen atoms in total. The number of imidazole rings is 1. The van der Waals surface area contributed by atoms with Gasteiger partial charge in [0, 0.05) is 43.1 Å². The SMILES string of the molecule is Cc1c[c-]c(-c2ccc(C)cn2)cc1.Cc1ccc2nc(-c3[c-]ccc4c3oc3ccccc34)n(-c3c(C(C)C)cccc3C(C)C)c2n1.[Ir]. The van der Waals surface area contributed by atoms with E-state index in [0.717, 1.165) is 67.1 Å². The van der Waals surface area contributed by atoms with Crippen molar-refractivity contribution in [3.8, 4) is 28.3 Å². The Bertz CT molecular complexity index is 2350. The third-order valence-electron chi connectivity index (χ3n) is 8.93. The molecule has 0 unspecified atom stereocenters. The second-order valence-electron chi connectivity index (χ2n) is 13.4. The number of aromatic nitrogens is 4. The van der Waals surface area contributed by atoms with E-state index in [1.54, 1.807) is 0 Å². The van der Waals surface area contributed by atoms with Crippen LogP contribution in [0.3, 0.4) is 0 Å². The number of benzene rings is 4. The monoisotopic (exact) mass is 833 g/mol. The van der Waals surface area contributed by atoms with Crippen molar-refractivity contribution in [2.75, 3.05) is 0 Å². The van der Waals surface area contributed by atoms with Gasteiger partial charge in [0.25, 0.3) is 0 Å². The predicted molar refractivity (Wildman–Crippen MR) is 201 cm³/mol. The summed E-state index contributed by atoms with van der Waals surface area (Å²) in [7, 11) is 0. The molecule has 4 aromatic heterocycles. The molecule has 0 spiro atoms. The van der Waals surface area contributed by atoms with Crippen LogP contribution in [-0.2, 0) is 20.1 Å². The fourth-order valence-electron chi connectivity index (χ4n) is 6.35. The molecule has 253 valence electrons. The summed E-state index contributed by atoms with van der Waals surface area (Å²) in [5.74, 6) is 1.48. The van der Waals surface area contributed by atoms with Gasteiger partial charge in [-0.15, -0.1) is 53.6 Å². The number of hydrogen-bond acceptors (Lipinski definition) is 4. The first kappa shape index (κ1) is 34.9. The summed E-state index contributed by atoms with van der Waals surface area (Å²) >= 11 is 0. The van der Waals surface area contributed by atoms with Gasteiger partial charge in [0.05, 0.1) is 16.9 Å². The average Bonchev–Trinajstić information content (AvgIpc) is 3.67. The zero-order valence-corrected chi connectivity index (χ0v) is 31.9. The van der Waals surface area contributed by atoms with Gasteiger partial charge < -0.3 is 14.0 Å². The minimum Gasteiger partial charge on any atom is -0.501 e. The summed E-state index contributed by atoms with van der Waals surface area (Å²) in [6, 6.07) is 39.8. The van der Waals surface area contributed by atoms with Crippen molar-refractivity contribution in [3.63, 3.8) is 0 Å². The molecular weight excluding hydrogens is 793 g/mol. The zero-order valence-electron chi connectivity index (χ0n) is 29.5. The van der Waals surface area contributed by atoms with Crippen LogP contribution in [0.1, 0.15) is 67.5 Å². The van der Waals surface area contributed by atoms with E-state index in [1.165, 1.54) is 22.3 Å². The van der Waals surface area contributed by atoms with Crippen LogP contribution in [0.15, 0.2) is 108 Å². The number of furan rings is 1. The second-order valence-corrected chi connectivity index (χ2v) is 13.4. The molecule has 8 rings (SSSR count). The van der Waals surface area contributed by atoms with Gasteiger partial charge in [0.1, 0.15) is 5.58 Å². The van der Waals surface area contributed by atoms with Crippen LogP contribution in [0, 0.1) is 32.9 Å². The summed E-state index contributed by atoms with van der Waals surface area (Å²) in [5.41, 5.74) is 13.3. The molecular formula is C44H40IrN4O-2. The molecule has 0 aliphatic rings. The molecule has 1 radical (unpaired) electrons. The molecule has 0 atom stereocenters. The minimum absolute atomic E-state index is 0. The molecule has 0 fully saturated rings. The van der Waals surface area contributed by atoms with Crippen molar-refractivity contribution in [1.29, 1.82) is 0 Å². The van der Waals surface area contributed by atoms with Crippen molar-refractivity contribution in [2.45, 2.75) is 60.3 Å². The van der Waals surface area contributed by atoms with Gasteiger partial charge in [0.2, 0.25) is 0 Å². The van der Waals surface area contributed by atoms with E-state index >= 15 is 0 Å². The normalized spacial score (nSPS) is 11.3. The maximum absolute atomic E-state index is 6.40. The fourth-order valence-corrected chi connectivity index (χ4v) is 6.35. The molecule has 8 aromatic rings. The summed E-state index contributed by atoms with van der Waals surface area (Å²) < 4.78 is 8.64. The van der Waals surface area contributed by atoms with E-state index in [2.05, 4.69) is 105 Å². The maximum Gasteiger partial charge on any atom is 0.155 e. The summed E-state index contributed by atoms with van der Waals surface area (Å²) in [6.07, 6.45) is 1.88. The van der Waals surface area contributed by atoms with E-state index in [1.807, 2.05) is 68.6 Å². The van der Waals surface area contributed by atoms with Crippen LogP contribution in [0.4, 0.5) is 0 Å². The first-order valence-electron chi connectivity index (χ1n) is 16.9. The van der Waals surface area contributed by atoms with E-state index in [9.17, 15) is 0 Å². The summed E-state index contributed by atoms with van der Waals surface area (Å²) in [6.45, 7) is 15.1. The van der Waals surface area contributed by atoms with Gasteiger partial charge in [-0.3, -0.25) is 4.98 Å². The Kier molecular flexibility index (Phi) is 10.2. The average molecular weight is 833 g/mol. The van der Waals surface area contributed by atoms with Crippen LogP contribution in [-0.4, -0.2) is 19.5 Å². The van der Waals surface area contributed by atoms with Crippen molar-refractivity contribution >= 4 is 33.1 Å². The molecule has 0 saturated carbocycles. The van der Waals surface area contributed by atoms with Gasteiger partial charge in [0.15, 0.2) is 5.65 Å². The topological polar surface area (TPSA) is 56.7 Å². The zero-order chi connectivity index (χ0) is 34.2. The minimum atomic E-state index is 0. The standard InChI is InChI=1S/C31H28N3O.C13H12N.Ir/c1-18(2)21-11-8-12-22(19(3)4)28(21)34-30(33-26-17-16-20(5)32-31(26)34)25-14-9-13-24-23-10-6-7-15-27(23)35-29(24)25;1-10-3-6-12(7-4-10)13-8-5-11(2)9-14-13;/h6-13,15-19H,1-5H3;3-6,8-9H,1-2H3;/q2*-1;. The summed E-state index contributed by atoms with van der Waals surface area (Å²) in [5, 5.41) is 2.16. The first-order chi connectivity index (χ1) is 23.7. The number of pyridine rings is 2. The maximum atomic E-state index is 6.40. The van der Waals surface area contributed by atoms with Crippen LogP contribution < -0.4 is 0 Å². The molecule has 0 amide bonds. The van der Waals surface area contributed by atoms with Crippen LogP contribution in [0.2, 0.25) is 0 Å². The first-order valence-corrected chi connectivity index (χ1v) is 16.9. The van der Waals surface area contributed by atoms with E-state index < -0.39 is 0 Å². The number of para-hydroxylation sites is 2. The predicted octanol–water partition coefficient (Wildman–Crippen LogP) is 11.5. The van der Waals surface area contributed by atoms with Crippen LogP contribution in [0.5, 0.6) is 0 Å². The molecule has 4 heterocycles. The van der Waals surface area contributed by atoms with E-state index in [-0.39, 0.29) is 20.1 Å². The van der Waals surface area contributed by atoms with E-state index in [0.29, 0.717) is 11.8 Å². The molecule has 0 saturated heterocycles. The molecule has 0 aliphatic heterocycles. The smallest absolute Gasteiger partial charge is 0.155 e. The van der Waals surface area contributed by atoms with Crippen molar-refractivity contribution in [2.24, 2.45) is 0 Å². The number of rotatable bonds is 5. The Morgan fingerprint density at radius 2 is 1.44 bits per heavy atom. The summed E-state index contributed by atoms with van der Waals surface area (Å²) in [4.78, 5) is 14.5. The van der Waals surface area contributed by atoms with Gasteiger partial charge in [-0.1, -0.05) is 94.1 Å². The Morgan fingerprint density at radius 3 is 2.12 bits per heavy atom. The van der Waals surface area contributed by atoms with E-state index in [4.69, 9.17) is 14.4 Å². The number of fused-ring (bicyclic) bond motifs is 4. The van der Waals surface area contributed by atoms with Gasteiger partial charge >= 0.3 is 0 Å². The van der Waals surface area contributed by atoms with Gasteiger partial charge in [-0.25, -0.2) is 4.98 Å². The van der Waals surface area contributed by atoms with Crippen molar-refractivity contribution in [3.05, 3.63) is 143 Å². The van der Waals surface area contributed by atoms with Crippen molar-refractivity contribution < 1.29 is 24.5 Å². The number of aryl methyl sites for hydroxylation is 3. The fraction of sp³-hybridized carbons (Fsp3) is 0.205. The Labute approximate surface area is 307 Å². The third-order valence-corrected chi connectivity index (χ3v) is 8.93. The molecule has 0 bridgehead atoms. The van der Waals surface area contributed by atoms with Crippen LogP contribution >= 0.6 is 0 Å². The number of nitrogens with zero attached hydrogens (tertiary/aromatic N) is 4.